The van der Waals surface area contributed by atoms with Gasteiger partial charge < -0.3 is 15.0 Å². The van der Waals surface area contributed by atoms with Gasteiger partial charge in [0.15, 0.2) is 5.69 Å². The lowest BCUT2D eigenvalue weighted by Gasteiger charge is -2.22. The lowest BCUT2D eigenvalue weighted by Crippen LogP contribution is -2.36. The molecule has 0 saturated heterocycles. The van der Waals surface area contributed by atoms with E-state index in [1.165, 1.54) is 22.3 Å². The van der Waals surface area contributed by atoms with Crippen molar-refractivity contribution in [2.75, 3.05) is 11.9 Å². The van der Waals surface area contributed by atoms with Crippen molar-refractivity contribution in [1.29, 1.82) is 0 Å². The summed E-state index contributed by atoms with van der Waals surface area (Å²) in [5, 5.41) is 4.62. The normalized spacial score (nSPS) is 13.3. The first-order valence-electron chi connectivity index (χ1n) is 8.12. The van der Waals surface area contributed by atoms with Crippen molar-refractivity contribution in [3.8, 4) is 0 Å². The number of esters is 1. The molecule has 6 nitrogen and oxygen atoms in total. The van der Waals surface area contributed by atoms with Crippen molar-refractivity contribution in [2.24, 2.45) is 0 Å². The summed E-state index contributed by atoms with van der Waals surface area (Å²) in [4.78, 5) is 29.9. The third-order valence-electron chi connectivity index (χ3n) is 3.76. The second-order valence-corrected chi connectivity index (χ2v) is 6.70. The van der Waals surface area contributed by atoms with Gasteiger partial charge in [-0.15, -0.1) is 11.3 Å². The molecular weight excluding hydrogens is 364 g/mol. The highest BCUT2D eigenvalue weighted by molar-refractivity contribution is 7.09. The zero-order valence-electron chi connectivity index (χ0n) is 14.0. The maximum Gasteiger partial charge on any atom is 0.357 e. The molecule has 1 aromatic carbocycles. The smallest absolute Gasteiger partial charge is 0.357 e. The number of nitrogens with zero attached hydrogens (tertiary/aromatic N) is 2. The summed E-state index contributed by atoms with van der Waals surface area (Å²) in [6.45, 7) is 2.16. The Kier molecular flexibility index (Phi) is 5.46. The Balaban J connectivity index is 1.69. The fourth-order valence-corrected chi connectivity index (χ4v) is 3.12. The molecule has 1 heterocycles. The van der Waals surface area contributed by atoms with Crippen LogP contribution in [0.15, 0.2) is 23.6 Å². The topological polar surface area (TPSA) is 71.5 Å². The van der Waals surface area contributed by atoms with Gasteiger partial charge in [0, 0.05) is 17.5 Å². The molecule has 0 aliphatic heterocycles. The highest BCUT2D eigenvalue weighted by atomic mass is 32.1. The summed E-state index contributed by atoms with van der Waals surface area (Å²) in [7, 11) is 0. The molecule has 0 radical (unpaired) electrons. The molecule has 1 saturated carbocycles. The summed E-state index contributed by atoms with van der Waals surface area (Å²) < 4.78 is 31.6. The summed E-state index contributed by atoms with van der Waals surface area (Å²) >= 11 is 1.25. The highest BCUT2D eigenvalue weighted by Gasteiger charge is 2.33. The first kappa shape index (κ1) is 18.2. The van der Waals surface area contributed by atoms with Gasteiger partial charge in [-0.3, -0.25) is 0 Å². The monoisotopic (exact) mass is 381 g/mol. The summed E-state index contributed by atoms with van der Waals surface area (Å²) in [6.07, 6.45) is 1.69. The third-order valence-corrected chi connectivity index (χ3v) is 4.60. The first-order valence-corrected chi connectivity index (χ1v) is 9.00. The molecule has 9 heteroatoms. The van der Waals surface area contributed by atoms with Crippen LogP contribution in [0.1, 0.15) is 35.3 Å². The van der Waals surface area contributed by atoms with E-state index in [1.807, 2.05) is 0 Å². The zero-order valence-corrected chi connectivity index (χ0v) is 14.8. The number of carbonyl (C=O) groups excluding carboxylic acids is 2. The number of ether oxygens (including phenoxy) is 1. The van der Waals surface area contributed by atoms with Crippen LogP contribution < -0.4 is 5.32 Å². The van der Waals surface area contributed by atoms with Gasteiger partial charge in [0.05, 0.1) is 18.8 Å². The van der Waals surface area contributed by atoms with Gasteiger partial charge in [-0.2, -0.15) is 0 Å². The standard InChI is InChI=1S/C17H17F2N3O3S/c1-2-25-16(23)14-9-26-15(20-14)8-22(11-4-5-11)17(24)21-13-6-3-10(18)7-12(13)19/h3,6-7,9,11H,2,4-5,8H2,1H3,(H,21,24). The van der Waals surface area contributed by atoms with Crippen LogP contribution >= 0.6 is 11.3 Å². The van der Waals surface area contributed by atoms with E-state index < -0.39 is 23.6 Å². The van der Waals surface area contributed by atoms with Crippen molar-refractivity contribution in [1.82, 2.24) is 9.88 Å². The maximum absolute atomic E-state index is 13.7. The maximum atomic E-state index is 13.7. The van der Waals surface area contributed by atoms with Crippen LogP contribution in [0.5, 0.6) is 0 Å². The van der Waals surface area contributed by atoms with Gasteiger partial charge in [0.25, 0.3) is 0 Å². The number of carbonyl (C=O) groups is 2. The fourth-order valence-electron chi connectivity index (χ4n) is 2.36. The highest BCUT2D eigenvalue weighted by Crippen LogP contribution is 2.30. The minimum absolute atomic E-state index is 0.0356. The fraction of sp³-hybridized carbons (Fsp3) is 0.353. The van der Waals surface area contributed by atoms with E-state index in [2.05, 4.69) is 10.3 Å². The SMILES string of the molecule is CCOC(=O)c1csc(CN(C(=O)Nc2ccc(F)cc2F)C2CC2)n1. The molecule has 0 unspecified atom stereocenters. The Labute approximate surface area is 152 Å². The average molecular weight is 381 g/mol. The van der Waals surface area contributed by atoms with Gasteiger partial charge in [-0.25, -0.2) is 23.4 Å². The number of benzene rings is 1. The molecule has 0 atom stereocenters. The van der Waals surface area contributed by atoms with Gasteiger partial charge >= 0.3 is 12.0 Å². The molecule has 1 aliphatic carbocycles. The Morgan fingerprint density at radius 2 is 2.15 bits per heavy atom. The number of aromatic nitrogens is 1. The number of urea groups is 1. The van der Waals surface area contributed by atoms with Gasteiger partial charge in [0.2, 0.25) is 0 Å². The van der Waals surface area contributed by atoms with E-state index in [4.69, 9.17) is 4.74 Å². The molecule has 2 aromatic rings. The lowest BCUT2D eigenvalue weighted by molar-refractivity contribution is 0.0520. The van der Waals surface area contributed by atoms with Crippen LogP contribution in [0.25, 0.3) is 0 Å². The van der Waals surface area contributed by atoms with E-state index in [0.29, 0.717) is 11.1 Å². The van der Waals surface area contributed by atoms with E-state index in [-0.39, 0.29) is 30.6 Å². The molecule has 26 heavy (non-hydrogen) atoms. The molecule has 3 rings (SSSR count). The second kappa shape index (κ2) is 7.77. The second-order valence-electron chi connectivity index (χ2n) is 5.76. The average Bonchev–Trinajstić information content (AvgIpc) is 3.33. The largest absolute Gasteiger partial charge is 0.461 e. The Morgan fingerprint density at radius 1 is 1.38 bits per heavy atom. The number of rotatable bonds is 6. The quantitative estimate of drug-likeness (QED) is 0.773. The number of nitrogens with one attached hydrogen (secondary N) is 1. The van der Waals surface area contributed by atoms with E-state index in [1.54, 1.807) is 12.3 Å². The van der Waals surface area contributed by atoms with Crippen molar-refractivity contribution in [3.05, 3.63) is 45.9 Å². The lowest BCUT2D eigenvalue weighted by atomic mass is 10.3. The number of halogens is 2. The Bertz CT molecular complexity index is 823. The van der Waals surface area contributed by atoms with Crippen LogP contribution in [0.3, 0.4) is 0 Å². The minimum atomic E-state index is -0.840. The van der Waals surface area contributed by atoms with Gasteiger partial charge in [-0.1, -0.05) is 0 Å². The number of anilines is 1. The predicted octanol–water partition coefficient (Wildman–Crippen LogP) is 3.79. The van der Waals surface area contributed by atoms with Crippen LogP contribution in [-0.4, -0.2) is 34.5 Å². The summed E-state index contributed by atoms with van der Waals surface area (Å²) in [5.74, 6) is -2.06. The Morgan fingerprint density at radius 3 is 2.81 bits per heavy atom. The van der Waals surface area contributed by atoms with E-state index >= 15 is 0 Å². The first-order chi connectivity index (χ1) is 12.5. The van der Waals surface area contributed by atoms with Crippen LogP contribution in [0.4, 0.5) is 19.3 Å². The molecule has 1 aliphatic rings. The molecule has 0 bridgehead atoms. The van der Waals surface area contributed by atoms with Crippen LogP contribution in [-0.2, 0) is 11.3 Å². The van der Waals surface area contributed by atoms with Crippen molar-refractivity contribution in [2.45, 2.75) is 32.4 Å². The summed E-state index contributed by atoms with van der Waals surface area (Å²) in [5.41, 5.74) is 0.112. The van der Waals surface area contributed by atoms with Crippen molar-refractivity contribution < 1.29 is 23.1 Å². The number of amides is 2. The number of hydrogen-bond donors (Lipinski definition) is 1. The molecule has 138 valence electrons. The van der Waals surface area contributed by atoms with Crippen LogP contribution in [0, 0.1) is 11.6 Å². The van der Waals surface area contributed by atoms with Gasteiger partial charge in [0.1, 0.15) is 16.6 Å². The van der Waals surface area contributed by atoms with E-state index in [9.17, 15) is 18.4 Å². The van der Waals surface area contributed by atoms with Gasteiger partial charge in [-0.05, 0) is 31.9 Å². The summed E-state index contributed by atoms with van der Waals surface area (Å²) in [6, 6.07) is 2.51. The Hall–Kier alpha value is -2.55. The molecule has 1 fully saturated rings. The third kappa shape index (κ3) is 4.34. The molecule has 1 N–H and O–H groups in total. The minimum Gasteiger partial charge on any atom is -0.461 e. The predicted molar refractivity (Wildman–Crippen MR) is 92.0 cm³/mol. The van der Waals surface area contributed by atoms with E-state index in [0.717, 1.165) is 18.9 Å². The van der Waals surface area contributed by atoms with Crippen LogP contribution in [0.2, 0.25) is 0 Å². The number of thiazole rings is 1. The van der Waals surface area contributed by atoms with Crippen molar-refractivity contribution in [3.63, 3.8) is 0 Å². The molecular formula is C17H17F2N3O3S. The molecule has 2 amide bonds. The van der Waals surface area contributed by atoms with Crippen molar-refractivity contribution >= 4 is 29.0 Å². The number of hydrogen-bond acceptors (Lipinski definition) is 5. The molecule has 1 aromatic heterocycles. The molecule has 0 spiro atoms. The zero-order chi connectivity index (χ0) is 18.7.